The molecule has 0 aliphatic carbocycles. The number of aryl methyl sites for hydroxylation is 1. The van der Waals surface area contributed by atoms with Crippen LogP contribution in [0.5, 0.6) is 0 Å². The molecule has 5 heteroatoms. The Bertz CT molecular complexity index is 728. The van der Waals surface area contributed by atoms with E-state index in [-0.39, 0.29) is 0 Å². The first-order chi connectivity index (χ1) is 9.65. The van der Waals surface area contributed by atoms with Crippen molar-refractivity contribution in [2.45, 2.75) is 13.5 Å². The van der Waals surface area contributed by atoms with Gasteiger partial charge in [0, 0.05) is 30.1 Å². The lowest BCUT2D eigenvalue weighted by molar-refractivity contribution is 0.674. The normalized spacial score (nSPS) is 10.9. The number of aromatic nitrogens is 4. The lowest BCUT2D eigenvalue weighted by Gasteiger charge is -2.04. The molecule has 0 unspecified atom stereocenters. The maximum atomic E-state index is 4.66. The molecular formula is C15H15IN4. The third-order valence-corrected chi connectivity index (χ3v) is 4.01. The van der Waals surface area contributed by atoms with Gasteiger partial charge >= 0.3 is 0 Å². The van der Waals surface area contributed by atoms with Crippen LogP contribution in [0.15, 0.2) is 42.6 Å². The molecule has 0 saturated heterocycles. The number of rotatable bonds is 3. The standard InChI is InChI=1S/C15H15IN4/c1-11-13(10-20-9-8-14(16)17-20)15(18-19(11)2)12-6-4-3-5-7-12/h3-9H,10H2,1-2H3. The Morgan fingerprint density at radius 3 is 2.50 bits per heavy atom. The molecule has 0 atom stereocenters. The first-order valence-corrected chi connectivity index (χ1v) is 7.50. The van der Waals surface area contributed by atoms with Crippen molar-refractivity contribution in [2.75, 3.05) is 0 Å². The molecule has 0 bridgehead atoms. The SMILES string of the molecule is Cc1c(Cn2ccc(I)n2)c(-c2ccccc2)nn1C. The molecule has 102 valence electrons. The molecule has 0 fully saturated rings. The molecule has 0 aliphatic heterocycles. The average molecular weight is 378 g/mol. The van der Waals surface area contributed by atoms with Gasteiger partial charge in [0.1, 0.15) is 3.70 Å². The van der Waals surface area contributed by atoms with Crippen LogP contribution in [0.1, 0.15) is 11.3 Å². The molecule has 2 heterocycles. The first-order valence-electron chi connectivity index (χ1n) is 6.42. The highest BCUT2D eigenvalue weighted by atomic mass is 127. The van der Waals surface area contributed by atoms with Crippen LogP contribution in [0.3, 0.4) is 0 Å². The maximum absolute atomic E-state index is 4.66. The number of nitrogens with zero attached hydrogens (tertiary/aromatic N) is 4. The van der Waals surface area contributed by atoms with Gasteiger partial charge in [-0.1, -0.05) is 30.3 Å². The lowest BCUT2D eigenvalue weighted by atomic mass is 10.1. The fourth-order valence-electron chi connectivity index (χ4n) is 2.26. The Morgan fingerprint density at radius 2 is 1.85 bits per heavy atom. The number of benzene rings is 1. The molecule has 3 rings (SSSR count). The summed E-state index contributed by atoms with van der Waals surface area (Å²) in [5.74, 6) is 0. The van der Waals surface area contributed by atoms with Crippen molar-refractivity contribution in [1.29, 1.82) is 0 Å². The molecule has 0 saturated carbocycles. The van der Waals surface area contributed by atoms with Gasteiger partial charge < -0.3 is 0 Å². The van der Waals surface area contributed by atoms with Crippen molar-refractivity contribution < 1.29 is 0 Å². The van der Waals surface area contributed by atoms with E-state index in [4.69, 9.17) is 0 Å². The molecule has 0 radical (unpaired) electrons. The van der Waals surface area contributed by atoms with Crippen molar-refractivity contribution >= 4 is 22.6 Å². The summed E-state index contributed by atoms with van der Waals surface area (Å²) < 4.78 is 4.90. The third kappa shape index (κ3) is 2.49. The lowest BCUT2D eigenvalue weighted by Crippen LogP contribution is -2.03. The second-order valence-electron chi connectivity index (χ2n) is 4.74. The Labute approximate surface area is 131 Å². The van der Waals surface area contributed by atoms with Gasteiger partial charge in [-0.25, -0.2) is 0 Å². The van der Waals surface area contributed by atoms with Crippen molar-refractivity contribution in [2.24, 2.45) is 7.05 Å². The van der Waals surface area contributed by atoms with Gasteiger partial charge in [0.2, 0.25) is 0 Å². The number of hydrogen-bond donors (Lipinski definition) is 0. The van der Waals surface area contributed by atoms with Gasteiger partial charge in [-0.15, -0.1) is 0 Å². The maximum Gasteiger partial charge on any atom is 0.123 e. The zero-order valence-electron chi connectivity index (χ0n) is 11.4. The molecule has 4 nitrogen and oxygen atoms in total. The number of hydrogen-bond acceptors (Lipinski definition) is 2. The van der Waals surface area contributed by atoms with Crippen LogP contribution in [0.25, 0.3) is 11.3 Å². The monoisotopic (exact) mass is 378 g/mol. The third-order valence-electron chi connectivity index (χ3n) is 3.43. The Kier molecular flexibility index (Phi) is 3.60. The van der Waals surface area contributed by atoms with E-state index in [2.05, 4.69) is 51.8 Å². The minimum atomic E-state index is 0.743. The minimum absolute atomic E-state index is 0.743. The van der Waals surface area contributed by atoms with Crippen LogP contribution in [0, 0.1) is 10.6 Å². The summed E-state index contributed by atoms with van der Waals surface area (Å²) in [6, 6.07) is 12.3. The van der Waals surface area contributed by atoms with Crippen LogP contribution in [-0.2, 0) is 13.6 Å². The molecule has 0 N–H and O–H groups in total. The van der Waals surface area contributed by atoms with Gasteiger partial charge in [0.25, 0.3) is 0 Å². The van der Waals surface area contributed by atoms with Gasteiger partial charge in [0.05, 0.1) is 12.2 Å². The molecule has 20 heavy (non-hydrogen) atoms. The van der Waals surface area contributed by atoms with Crippen LogP contribution in [0.2, 0.25) is 0 Å². The second-order valence-corrected chi connectivity index (χ2v) is 5.84. The summed E-state index contributed by atoms with van der Waals surface area (Å²) >= 11 is 2.22. The molecule has 1 aromatic carbocycles. The summed E-state index contributed by atoms with van der Waals surface area (Å²) in [5, 5.41) is 9.11. The highest BCUT2D eigenvalue weighted by Gasteiger charge is 2.15. The van der Waals surface area contributed by atoms with Crippen molar-refractivity contribution in [3.05, 3.63) is 57.6 Å². The van der Waals surface area contributed by atoms with Gasteiger partial charge in [-0.2, -0.15) is 10.2 Å². The molecule has 0 amide bonds. The summed E-state index contributed by atoms with van der Waals surface area (Å²) in [4.78, 5) is 0. The van der Waals surface area contributed by atoms with E-state index in [1.807, 2.05) is 46.9 Å². The zero-order valence-corrected chi connectivity index (χ0v) is 13.6. The van der Waals surface area contributed by atoms with Gasteiger partial charge in [-0.05, 0) is 35.6 Å². The summed E-state index contributed by atoms with van der Waals surface area (Å²) in [7, 11) is 1.98. The van der Waals surface area contributed by atoms with E-state index >= 15 is 0 Å². The molecule has 2 aromatic heterocycles. The van der Waals surface area contributed by atoms with Crippen LogP contribution < -0.4 is 0 Å². The quantitative estimate of drug-likeness (QED) is 0.656. The van der Waals surface area contributed by atoms with E-state index in [9.17, 15) is 0 Å². The van der Waals surface area contributed by atoms with Crippen LogP contribution in [-0.4, -0.2) is 19.6 Å². The predicted octanol–water partition coefficient (Wildman–Crippen LogP) is 3.24. The summed E-state index contributed by atoms with van der Waals surface area (Å²) in [6.45, 7) is 2.84. The fraction of sp³-hybridized carbons (Fsp3) is 0.200. The molecule has 0 spiro atoms. The fourth-order valence-corrected chi connectivity index (χ4v) is 2.69. The zero-order chi connectivity index (χ0) is 14.1. The Morgan fingerprint density at radius 1 is 1.10 bits per heavy atom. The summed E-state index contributed by atoms with van der Waals surface area (Å²) in [5.41, 5.74) is 4.58. The van der Waals surface area contributed by atoms with Crippen molar-refractivity contribution in [1.82, 2.24) is 19.6 Å². The van der Waals surface area contributed by atoms with E-state index in [0.717, 1.165) is 21.5 Å². The first kappa shape index (κ1) is 13.4. The average Bonchev–Trinajstić information content (AvgIpc) is 2.98. The van der Waals surface area contributed by atoms with Crippen LogP contribution in [0.4, 0.5) is 0 Å². The van der Waals surface area contributed by atoms with Gasteiger partial charge in [-0.3, -0.25) is 9.36 Å². The topological polar surface area (TPSA) is 35.6 Å². The molecule has 3 aromatic rings. The Hall–Kier alpha value is -1.63. The van der Waals surface area contributed by atoms with Gasteiger partial charge in [0.15, 0.2) is 0 Å². The van der Waals surface area contributed by atoms with Crippen molar-refractivity contribution in [3.8, 4) is 11.3 Å². The van der Waals surface area contributed by atoms with Crippen molar-refractivity contribution in [3.63, 3.8) is 0 Å². The smallest absolute Gasteiger partial charge is 0.123 e. The van der Waals surface area contributed by atoms with E-state index in [1.165, 1.54) is 11.3 Å². The summed E-state index contributed by atoms with van der Waals surface area (Å²) in [6.07, 6.45) is 2.00. The van der Waals surface area contributed by atoms with E-state index < -0.39 is 0 Å². The second kappa shape index (κ2) is 5.40. The largest absolute Gasteiger partial charge is 0.272 e. The minimum Gasteiger partial charge on any atom is -0.272 e. The highest BCUT2D eigenvalue weighted by Crippen LogP contribution is 2.25. The van der Waals surface area contributed by atoms with E-state index in [1.54, 1.807) is 0 Å². The predicted molar refractivity (Wildman–Crippen MR) is 87.4 cm³/mol. The molecular weight excluding hydrogens is 363 g/mol. The number of halogens is 1. The highest BCUT2D eigenvalue weighted by molar-refractivity contribution is 14.1. The van der Waals surface area contributed by atoms with Crippen LogP contribution >= 0.6 is 22.6 Å². The molecule has 0 aliphatic rings. The van der Waals surface area contributed by atoms with E-state index in [0.29, 0.717) is 0 Å². The Balaban J connectivity index is 2.05.